The van der Waals surface area contributed by atoms with Gasteiger partial charge in [-0.05, 0) is 12.8 Å². The topological polar surface area (TPSA) is 3.24 Å². The zero-order chi connectivity index (χ0) is 5.11. The highest BCUT2D eigenvalue weighted by atomic mass is 15.1. The molecule has 0 aromatic rings. The van der Waals surface area contributed by atoms with Gasteiger partial charge in [0.2, 0.25) is 0 Å². The molecule has 1 heteroatoms. The van der Waals surface area contributed by atoms with Gasteiger partial charge in [0.1, 0.15) is 0 Å². The monoisotopic (exact) mass is 96.1 g/mol. The third-order valence-electron chi connectivity index (χ3n) is 1.15. The normalized spacial score (nSPS) is 20.4. The van der Waals surface area contributed by atoms with E-state index in [-0.39, 0.29) is 0 Å². The Balaban J connectivity index is 2.36. The van der Waals surface area contributed by atoms with Crippen LogP contribution in [0.3, 0.4) is 0 Å². The number of allylic oxidation sites excluding steroid dienone is 1. The highest BCUT2D eigenvalue weighted by Crippen LogP contribution is 2.00. The van der Waals surface area contributed by atoms with E-state index in [0.29, 0.717) is 0 Å². The van der Waals surface area contributed by atoms with E-state index < -0.39 is 0 Å². The summed E-state index contributed by atoms with van der Waals surface area (Å²) in [6, 6.07) is 0. The first-order valence-electron chi connectivity index (χ1n) is 2.68. The van der Waals surface area contributed by atoms with E-state index in [4.69, 9.17) is 0 Å². The highest BCUT2D eigenvalue weighted by molar-refractivity contribution is 4.78. The van der Waals surface area contributed by atoms with Crippen molar-refractivity contribution in [2.75, 3.05) is 13.6 Å². The summed E-state index contributed by atoms with van der Waals surface area (Å²) in [4.78, 5) is 2.09. The van der Waals surface area contributed by atoms with E-state index in [0.717, 1.165) is 0 Å². The number of hydrogen-bond acceptors (Lipinski definition) is 1. The quantitative estimate of drug-likeness (QED) is 0.435. The van der Waals surface area contributed by atoms with Gasteiger partial charge in [-0.1, -0.05) is 6.08 Å². The summed E-state index contributed by atoms with van der Waals surface area (Å²) < 4.78 is 0. The molecule has 0 bridgehead atoms. The Morgan fingerprint density at radius 2 is 2.57 bits per heavy atom. The first kappa shape index (κ1) is 4.69. The molecule has 0 atom stereocenters. The first-order valence-corrected chi connectivity index (χ1v) is 2.68. The van der Waals surface area contributed by atoms with Crippen LogP contribution in [0.5, 0.6) is 0 Å². The van der Waals surface area contributed by atoms with E-state index in [2.05, 4.69) is 24.2 Å². The Bertz CT molecular complexity index is 76.2. The lowest BCUT2D eigenvalue weighted by Gasteiger charge is -2.15. The first-order chi connectivity index (χ1) is 3.39. The van der Waals surface area contributed by atoms with Gasteiger partial charge in [-0.15, -0.1) is 0 Å². The van der Waals surface area contributed by atoms with Gasteiger partial charge in [-0.3, -0.25) is 0 Å². The van der Waals surface area contributed by atoms with Gasteiger partial charge in [0.25, 0.3) is 0 Å². The van der Waals surface area contributed by atoms with Crippen LogP contribution in [0.25, 0.3) is 0 Å². The Hall–Kier alpha value is -0.460. The zero-order valence-electron chi connectivity index (χ0n) is 4.65. The highest BCUT2D eigenvalue weighted by Gasteiger charge is 1.94. The second-order valence-corrected chi connectivity index (χ2v) is 1.90. The molecule has 39 valence electrons. The van der Waals surface area contributed by atoms with Crippen LogP contribution in [0, 0.1) is 6.20 Å². The van der Waals surface area contributed by atoms with E-state index in [9.17, 15) is 0 Å². The van der Waals surface area contributed by atoms with Crippen LogP contribution in [-0.4, -0.2) is 18.5 Å². The maximum atomic E-state index is 3.09. The minimum atomic E-state index is 1.18. The fraction of sp³-hybridized carbons (Fsp3) is 0.667. The second-order valence-electron chi connectivity index (χ2n) is 1.90. The SMILES string of the molecule is CN1[C]=CCCC1. The standard InChI is InChI=1S/C6H10N/c1-7-5-3-2-4-6-7/h3H,2,4,6H2,1H3. The van der Waals surface area contributed by atoms with Gasteiger partial charge in [0.15, 0.2) is 0 Å². The van der Waals surface area contributed by atoms with Gasteiger partial charge in [0.05, 0.1) is 6.20 Å². The summed E-state index contributed by atoms with van der Waals surface area (Å²) in [5, 5.41) is 0. The van der Waals surface area contributed by atoms with Crippen LogP contribution >= 0.6 is 0 Å². The van der Waals surface area contributed by atoms with Crippen LogP contribution in [-0.2, 0) is 0 Å². The Kier molecular flexibility index (Phi) is 1.35. The van der Waals surface area contributed by atoms with Crippen molar-refractivity contribution in [1.82, 2.24) is 4.90 Å². The van der Waals surface area contributed by atoms with Gasteiger partial charge in [0, 0.05) is 13.6 Å². The predicted molar refractivity (Wildman–Crippen MR) is 29.7 cm³/mol. The van der Waals surface area contributed by atoms with Crippen molar-refractivity contribution in [2.45, 2.75) is 12.8 Å². The minimum absolute atomic E-state index is 1.18. The van der Waals surface area contributed by atoms with Gasteiger partial charge >= 0.3 is 0 Å². The van der Waals surface area contributed by atoms with Crippen molar-refractivity contribution in [3.63, 3.8) is 0 Å². The molecule has 0 spiro atoms. The maximum absolute atomic E-state index is 3.09. The molecule has 1 radical (unpaired) electrons. The van der Waals surface area contributed by atoms with Crippen molar-refractivity contribution in [3.05, 3.63) is 12.3 Å². The third kappa shape index (κ3) is 1.22. The average Bonchev–Trinajstić information content (AvgIpc) is 1.69. The van der Waals surface area contributed by atoms with Gasteiger partial charge < -0.3 is 4.90 Å². The van der Waals surface area contributed by atoms with Crippen LogP contribution in [0.4, 0.5) is 0 Å². The molecule has 1 rings (SSSR count). The van der Waals surface area contributed by atoms with Crippen LogP contribution < -0.4 is 0 Å². The Morgan fingerprint density at radius 3 is 2.86 bits per heavy atom. The molecule has 0 unspecified atom stereocenters. The van der Waals surface area contributed by atoms with Crippen LogP contribution in [0.2, 0.25) is 0 Å². The summed E-state index contributed by atoms with van der Waals surface area (Å²) in [6.45, 7) is 1.18. The van der Waals surface area contributed by atoms with Crippen molar-refractivity contribution < 1.29 is 0 Å². The average molecular weight is 96.2 g/mol. The fourth-order valence-corrected chi connectivity index (χ4v) is 0.715. The molecule has 0 saturated carbocycles. The molecule has 0 saturated heterocycles. The van der Waals surface area contributed by atoms with Crippen molar-refractivity contribution in [2.24, 2.45) is 0 Å². The lowest BCUT2D eigenvalue weighted by Crippen LogP contribution is -2.15. The molecule has 1 aliphatic heterocycles. The third-order valence-corrected chi connectivity index (χ3v) is 1.15. The van der Waals surface area contributed by atoms with Crippen LogP contribution in [0.15, 0.2) is 6.08 Å². The zero-order valence-corrected chi connectivity index (χ0v) is 4.65. The lowest BCUT2D eigenvalue weighted by atomic mass is 10.2. The molecule has 1 heterocycles. The lowest BCUT2D eigenvalue weighted by molar-refractivity contribution is 0.406. The van der Waals surface area contributed by atoms with E-state index >= 15 is 0 Å². The molecule has 0 amide bonds. The number of rotatable bonds is 0. The molecule has 0 N–H and O–H groups in total. The Labute approximate surface area is 44.6 Å². The molecule has 0 aromatic carbocycles. The molecule has 0 aliphatic carbocycles. The largest absolute Gasteiger partial charge is 0.373 e. The summed E-state index contributed by atoms with van der Waals surface area (Å²) >= 11 is 0. The van der Waals surface area contributed by atoms with E-state index in [1.807, 2.05) is 0 Å². The summed E-state index contributed by atoms with van der Waals surface area (Å²) in [5.41, 5.74) is 0. The molecule has 1 aliphatic rings. The minimum Gasteiger partial charge on any atom is -0.373 e. The van der Waals surface area contributed by atoms with Crippen molar-refractivity contribution in [1.29, 1.82) is 0 Å². The predicted octanol–water partition coefficient (Wildman–Crippen LogP) is 1.03. The molecule has 1 nitrogen and oxygen atoms in total. The number of hydrogen-bond donors (Lipinski definition) is 0. The van der Waals surface area contributed by atoms with Crippen molar-refractivity contribution >= 4 is 0 Å². The fourth-order valence-electron chi connectivity index (χ4n) is 0.715. The summed E-state index contributed by atoms with van der Waals surface area (Å²) in [6.07, 6.45) is 7.68. The van der Waals surface area contributed by atoms with Crippen molar-refractivity contribution in [3.8, 4) is 0 Å². The second kappa shape index (κ2) is 2.01. The van der Waals surface area contributed by atoms with Crippen LogP contribution in [0.1, 0.15) is 12.8 Å². The smallest absolute Gasteiger partial charge is 0.0557 e. The van der Waals surface area contributed by atoms with Gasteiger partial charge in [-0.25, -0.2) is 0 Å². The van der Waals surface area contributed by atoms with E-state index in [1.165, 1.54) is 19.4 Å². The molecular weight excluding hydrogens is 86.1 g/mol. The maximum Gasteiger partial charge on any atom is 0.0557 e. The molecule has 0 aromatic heterocycles. The number of nitrogens with zero attached hydrogens (tertiary/aromatic N) is 1. The molecular formula is C6H10N. The van der Waals surface area contributed by atoms with Gasteiger partial charge in [-0.2, -0.15) is 0 Å². The molecule has 0 fully saturated rings. The van der Waals surface area contributed by atoms with E-state index in [1.54, 1.807) is 0 Å². The summed E-state index contributed by atoms with van der Waals surface area (Å²) in [5.74, 6) is 0. The molecule has 7 heavy (non-hydrogen) atoms. The Morgan fingerprint density at radius 1 is 1.71 bits per heavy atom. The summed E-state index contributed by atoms with van der Waals surface area (Å²) in [7, 11) is 2.05.